The highest BCUT2D eigenvalue weighted by atomic mass is 79.9. The SMILES string of the molecule is O=P(OCC(Cl)(Br)CBr)(OCC(Cl)(Br)CBr)OCC(Cl)(Br)CBr. The van der Waals surface area contributed by atoms with Crippen molar-refractivity contribution in [2.24, 2.45) is 0 Å². The molecule has 0 N–H and O–H groups in total. The lowest BCUT2D eigenvalue weighted by atomic mass is 10.5. The maximum Gasteiger partial charge on any atom is 0.475 e. The van der Waals surface area contributed by atoms with E-state index in [1.165, 1.54) is 0 Å². The van der Waals surface area contributed by atoms with E-state index in [-0.39, 0.29) is 19.8 Å². The Labute approximate surface area is 201 Å². The number of halogens is 9. The van der Waals surface area contributed by atoms with Crippen LogP contribution in [0.2, 0.25) is 0 Å². The minimum absolute atomic E-state index is 0.144. The fraction of sp³-hybridized carbons (Fsp3) is 1.00. The lowest BCUT2D eigenvalue weighted by molar-refractivity contribution is 0.112. The normalized spacial score (nSPS) is 22.7. The Morgan fingerprint density at radius 1 is 0.696 bits per heavy atom. The van der Waals surface area contributed by atoms with E-state index in [0.29, 0.717) is 16.0 Å². The van der Waals surface area contributed by atoms with Crippen LogP contribution in [0.15, 0.2) is 0 Å². The van der Waals surface area contributed by atoms with Gasteiger partial charge >= 0.3 is 7.82 Å². The van der Waals surface area contributed by atoms with Crippen molar-refractivity contribution in [1.82, 2.24) is 0 Å². The summed E-state index contributed by atoms with van der Waals surface area (Å²) in [5, 5.41) is 1.04. The largest absolute Gasteiger partial charge is 0.475 e. The van der Waals surface area contributed by atoms with Crippen LogP contribution in [0.1, 0.15) is 0 Å². The molecule has 0 aliphatic carbocycles. The number of hydrogen-bond acceptors (Lipinski definition) is 4. The van der Waals surface area contributed by atoms with E-state index in [1.54, 1.807) is 0 Å². The maximum atomic E-state index is 12.7. The summed E-state index contributed by atoms with van der Waals surface area (Å²) in [4.78, 5) is 0. The first kappa shape index (κ1) is 26.9. The third kappa shape index (κ3) is 12.8. The molecule has 0 fully saturated rings. The summed E-state index contributed by atoms with van der Waals surface area (Å²) in [6, 6.07) is 0. The van der Waals surface area contributed by atoms with Crippen molar-refractivity contribution in [3.05, 3.63) is 0 Å². The van der Waals surface area contributed by atoms with Gasteiger partial charge in [-0.3, -0.25) is 13.6 Å². The van der Waals surface area contributed by atoms with Crippen molar-refractivity contribution in [3.8, 4) is 0 Å². The Bertz CT molecular complexity index is 358. The van der Waals surface area contributed by atoms with Gasteiger partial charge in [0.15, 0.2) is 0 Å². The van der Waals surface area contributed by atoms with Crippen LogP contribution in [-0.4, -0.2) is 47.2 Å². The zero-order valence-corrected chi connectivity index (χ0v) is 23.9. The molecule has 0 saturated heterocycles. The standard InChI is InChI=1S/C9H12Br6Cl3O4P/c10-1-7(13,16)4-20-23(19,21-5-8(14,17)2-11)22-6-9(15,18)3-12/h1-6H2. The highest BCUT2D eigenvalue weighted by Gasteiger charge is 2.37. The van der Waals surface area contributed by atoms with E-state index >= 15 is 0 Å². The fourth-order valence-corrected chi connectivity index (χ4v) is 3.86. The highest BCUT2D eigenvalue weighted by Crippen LogP contribution is 2.53. The van der Waals surface area contributed by atoms with Crippen LogP contribution in [0.4, 0.5) is 0 Å². The second-order valence-electron chi connectivity index (χ2n) is 4.24. The molecule has 14 heteroatoms. The van der Waals surface area contributed by atoms with Gasteiger partial charge in [0.25, 0.3) is 0 Å². The number of phosphoric ester groups is 1. The van der Waals surface area contributed by atoms with Gasteiger partial charge in [-0.1, -0.05) is 95.6 Å². The van der Waals surface area contributed by atoms with Gasteiger partial charge in [-0.2, -0.15) is 0 Å². The molecule has 0 aliphatic heterocycles. The zero-order chi connectivity index (χ0) is 18.4. The second-order valence-corrected chi connectivity index (χ2v) is 15.7. The van der Waals surface area contributed by atoms with E-state index in [1.807, 2.05) is 0 Å². The molecule has 0 aromatic heterocycles. The predicted octanol–water partition coefficient (Wildman–Crippen LogP) is 7.32. The number of alkyl halides is 9. The Balaban J connectivity index is 4.93. The molecular weight excluding hydrogens is 789 g/mol. The van der Waals surface area contributed by atoms with Crippen LogP contribution in [0.25, 0.3) is 0 Å². The summed E-state index contributed by atoms with van der Waals surface area (Å²) in [7, 11) is -3.95. The Hall–Kier alpha value is 3.86. The third-order valence-corrected chi connectivity index (χ3v) is 11.6. The smallest absolute Gasteiger partial charge is 0.284 e. The molecule has 0 heterocycles. The van der Waals surface area contributed by atoms with Crippen molar-refractivity contribution in [2.45, 2.75) is 11.4 Å². The van der Waals surface area contributed by atoms with Gasteiger partial charge in [0.2, 0.25) is 0 Å². The topological polar surface area (TPSA) is 44.8 Å². The first-order chi connectivity index (χ1) is 10.3. The molecule has 0 aliphatic rings. The molecule has 23 heavy (non-hydrogen) atoms. The van der Waals surface area contributed by atoms with Crippen molar-refractivity contribution in [1.29, 1.82) is 0 Å². The fourth-order valence-electron chi connectivity index (χ4n) is 0.748. The van der Waals surface area contributed by atoms with Gasteiger partial charge in [0, 0.05) is 16.0 Å². The van der Waals surface area contributed by atoms with Crippen LogP contribution in [0.5, 0.6) is 0 Å². The van der Waals surface area contributed by atoms with Gasteiger partial charge in [-0.15, -0.1) is 34.8 Å². The number of rotatable bonds is 12. The molecule has 3 unspecified atom stereocenters. The van der Waals surface area contributed by atoms with E-state index < -0.39 is 19.2 Å². The van der Waals surface area contributed by atoms with Gasteiger partial charge < -0.3 is 0 Å². The van der Waals surface area contributed by atoms with Gasteiger partial charge in [0.1, 0.15) is 11.4 Å². The second kappa shape index (κ2) is 11.8. The summed E-state index contributed by atoms with van der Waals surface area (Å²) in [6.45, 7) is -0.432. The molecule has 3 atom stereocenters. The lowest BCUT2D eigenvalue weighted by Gasteiger charge is -2.26. The van der Waals surface area contributed by atoms with Crippen molar-refractivity contribution in [3.63, 3.8) is 0 Å². The molecule has 0 aromatic rings. The average Bonchev–Trinajstić information content (AvgIpc) is 2.50. The Morgan fingerprint density at radius 3 is 1.09 bits per heavy atom. The minimum atomic E-state index is -3.95. The summed E-state index contributed by atoms with van der Waals surface area (Å²) in [5.74, 6) is 0. The highest BCUT2D eigenvalue weighted by molar-refractivity contribution is 9.13. The van der Waals surface area contributed by atoms with Crippen LogP contribution in [-0.2, 0) is 18.1 Å². The van der Waals surface area contributed by atoms with Gasteiger partial charge in [-0.05, 0) is 0 Å². The molecule has 0 spiro atoms. The van der Waals surface area contributed by atoms with Crippen LogP contribution in [0, 0.1) is 0 Å². The van der Waals surface area contributed by atoms with E-state index in [4.69, 9.17) is 48.4 Å². The molecule has 0 saturated carbocycles. The van der Waals surface area contributed by atoms with Crippen LogP contribution >= 0.6 is 138 Å². The predicted molar refractivity (Wildman–Crippen MR) is 119 cm³/mol. The monoisotopic (exact) mass is 793 g/mol. The molecule has 0 bridgehead atoms. The minimum Gasteiger partial charge on any atom is -0.284 e. The molecule has 0 amide bonds. The molecule has 4 nitrogen and oxygen atoms in total. The molecule has 0 radical (unpaired) electrons. The van der Waals surface area contributed by atoms with Crippen molar-refractivity contribution in [2.75, 3.05) is 35.8 Å². The average molecular weight is 801 g/mol. The number of hydrogen-bond donors (Lipinski definition) is 0. The molecule has 0 rings (SSSR count). The van der Waals surface area contributed by atoms with E-state index in [9.17, 15) is 4.57 Å². The summed E-state index contributed by atoms with van der Waals surface area (Å²) in [5.41, 5.74) is 0. The van der Waals surface area contributed by atoms with Crippen molar-refractivity contribution >= 4 is 138 Å². The molecule has 0 aromatic carbocycles. The van der Waals surface area contributed by atoms with Gasteiger partial charge in [-0.25, -0.2) is 4.57 Å². The summed E-state index contributed by atoms with van der Waals surface area (Å²) < 4.78 is 25.7. The van der Waals surface area contributed by atoms with Crippen molar-refractivity contribution < 1.29 is 18.1 Å². The van der Waals surface area contributed by atoms with Crippen LogP contribution in [0.3, 0.4) is 0 Å². The molecular formula is C9H12Br6Cl3O4P. The summed E-state index contributed by atoms with van der Waals surface area (Å²) >= 11 is 37.5. The quantitative estimate of drug-likeness (QED) is 0.154. The van der Waals surface area contributed by atoms with E-state index in [0.717, 1.165) is 0 Å². The third-order valence-electron chi connectivity index (χ3n) is 1.89. The number of phosphoric acid groups is 1. The Morgan fingerprint density at radius 2 is 0.913 bits per heavy atom. The van der Waals surface area contributed by atoms with E-state index in [2.05, 4.69) is 95.6 Å². The maximum absolute atomic E-state index is 12.7. The first-order valence-electron chi connectivity index (χ1n) is 5.65. The zero-order valence-electron chi connectivity index (χ0n) is 11.2. The summed E-state index contributed by atoms with van der Waals surface area (Å²) in [6.07, 6.45) is 0. The van der Waals surface area contributed by atoms with Gasteiger partial charge in [0.05, 0.1) is 19.8 Å². The lowest BCUT2D eigenvalue weighted by Crippen LogP contribution is -2.27. The van der Waals surface area contributed by atoms with Crippen LogP contribution < -0.4 is 0 Å². The Kier molecular flexibility index (Phi) is 13.7. The molecule has 140 valence electrons. The first-order valence-corrected chi connectivity index (χ1v) is 14.0.